The minimum Gasteiger partial charge on any atom is -0.408 e. The number of fused-ring (bicyclic) bond motifs is 2. The average Bonchev–Trinajstić information content (AvgIpc) is 2.78. The highest BCUT2D eigenvalue weighted by Gasteiger charge is 2.43. The first-order chi connectivity index (χ1) is 12.5. The predicted molar refractivity (Wildman–Crippen MR) is 105 cm³/mol. The topological polar surface area (TPSA) is 84.4 Å². The van der Waals surface area contributed by atoms with Gasteiger partial charge in [-0.1, -0.05) is 24.5 Å². The molecule has 0 bridgehead atoms. The molecule has 5 heteroatoms. The summed E-state index contributed by atoms with van der Waals surface area (Å²) in [7, 11) is 0. The van der Waals surface area contributed by atoms with Crippen LogP contribution in [0.15, 0.2) is 11.1 Å². The van der Waals surface area contributed by atoms with Gasteiger partial charge < -0.3 is 21.3 Å². The number of aliphatic hydroxyl groups is 1. The average molecular weight is 365 g/mol. The maximum Gasteiger partial charge on any atom is 0.327 e. The first kappa shape index (κ1) is 18.9. The van der Waals surface area contributed by atoms with Crippen LogP contribution in [0.1, 0.15) is 58.3 Å². The van der Waals surface area contributed by atoms with E-state index in [1.54, 1.807) is 11.1 Å². The molecule has 5 nitrogen and oxygen atoms in total. The van der Waals surface area contributed by atoms with E-state index in [9.17, 15) is 5.11 Å². The van der Waals surface area contributed by atoms with E-state index in [-0.39, 0.29) is 0 Å². The second-order valence-electron chi connectivity index (χ2n) is 9.47. The summed E-state index contributed by atoms with van der Waals surface area (Å²) in [6, 6.07) is 0.836. The van der Waals surface area contributed by atoms with Crippen LogP contribution in [0.4, 0.5) is 0 Å². The summed E-state index contributed by atoms with van der Waals surface area (Å²) in [6.07, 6.45) is 8.98. The minimum atomic E-state index is -1.06. The summed E-state index contributed by atoms with van der Waals surface area (Å²) >= 11 is 0. The summed E-state index contributed by atoms with van der Waals surface area (Å²) in [5.41, 5.74) is 9.69. The number of hydrogen-bond acceptors (Lipinski definition) is 4. The molecule has 0 aromatic carbocycles. The molecule has 2 saturated heterocycles. The molecule has 26 heavy (non-hydrogen) atoms. The van der Waals surface area contributed by atoms with Crippen LogP contribution in [0.25, 0.3) is 0 Å². The minimum absolute atomic E-state index is 0.307. The van der Waals surface area contributed by atoms with Crippen molar-refractivity contribution in [3.63, 3.8) is 0 Å². The number of rotatable bonds is 1. The summed E-state index contributed by atoms with van der Waals surface area (Å²) in [4.78, 5) is 1.89. The van der Waals surface area contributed by atoms with E-state index in [4.69, 9.17) is 10.8 Å². The quantitative estimate of drug-likeness (QED) is 0.374. The van der Waals surface area contributed by atoms with Gasteiger partial charge in [0.25, 0.3) is 0 Å². The van der Waals surface area contributed by atoms with Crippen LogP contribution in [-0.2, 0) is 0 Å². The lowest BCUT2D eigenvalue weighted by atomic mass is 9.68. The lowest BCUT2D eigenvalue weighted by Gasteiger charge is -2.42. The molecule has 4 fully saturated rings. The van der Waals surface area contributed by atoms with Crippen molar-refractivity contribution in [1.82, 2.24) is 10.2 Å². The van der Waals surface area contributed by atoms with Crippen molar-refractivity contribution in [3.05, 3.63) is 11.1 Å². The van der Waals surface area contributed by atoms with Crippen molar-refractivity contribution in [2.75, 3.05) is 19.6 Å². The van der Waals surface area contributed by atoms with Crippen molar-refractivity contribution in [3.8, 4) is 0 Å². The molecule has 0 spiro atoms. The van der Waals surface area contributed by atoms with Gasteiger partial charge in [-0.2, -0.15) is 0 Å². The predicted octanol–water partition coefficient (Wildman–Crippen LogP) is 1.53. The monoisotopic (exact) mass is 364 g/mol. The van der Waals surface area contributed by atoms with E-state index in [0.717, 1.165) is 50.2 Å². The second kappa shape index (κ2) is 7.88. The molecular weight excluding hydrogens is 326 g/mol. The fourth-order valence-electron chi connectivity index (χ4n) is 6.40. The third-order valence-corrected chi connectivity index (χ3v) is 7.72. The highest BCUT2D eigenvalue weighted by atomic mass is 16.5. The van der Waals surface area contributed by atoms with Crippen molar-refractivity contribution in [2.45, 2.75) is 76.8 Å². The van der Waals surface area contributed by atoms with Crippen LogP contribution >= 0.6 is 0 Å². The molecule has 148 valence electrons. The molecule has 2 heterocycles. The molecule has 2 aliphatic heterocycles. The maximum absolute atomic E-state index is 9.60. The van der Waals surface area contributed by atoms with Crippen LogP contribution in [0.5, 0.6) is 0 Å². The molecule has 0 amide bonds. The molecule has 4 aliphatic rings. The number of likely N-dealkylation sites (tertiary alicyclic amines) is 1. The van der Waals surface area contributed by atoms with Crippen molar-refractivity contribution >= 4 is 0 Å². The Bertz CT molecular complexity index is 495. The summed E-state index contributed by atoms with van der Waals surface area (Å²) in [5.74, 6) is 3.18. The standard InChI is InChI=1S/C21H37N3O2/c1-13-2-5-18-15(10-13)3-4-16-11-17(22)12-23-20(16)19(18)14-6-8-24(9-7-14)21(25)26/h13,15-18,20-21,23,25-26H,2-12,22H2,1H3/p+1/t13-,15?,16?,17?,18?,20-/m0/s1. The summed E-state index contributed by atoms with van der Waals surface area (Å²) < 4.78 is 0. The first-order valence-corrected chi connectivity index (χ1v) is 10.9. The van der Waals surface area contributed by atoms with Gasteiger partial charge in [-0.25, -0.2) is 4.90 Å². The van der Waals surface area contributed by atoms with Crippen LogP contribution < -0.4 is 11.1 Å². The highest BCUT2D eigenvalue weighted by Crippen LogP contribution is 2.48. The lowest BCUT2D eigenvalue weighted by Crippen LogP contribution is -2.52. The van der Waals surface area contributed by atoms with E-state index in [2.05, 4.69) is 12.2 Å². The van der Waals surface area contributed by atoms with Gasteiger partial charge >= 0.3 is 6.41 Å². The van der Waals surface area contributed by atoms with Gasteiger partial charge in [0.15, 0.2) is 0 Å². The smallest absolute Gasteiger partial charge is 0.327 e. The molecule has 0 aromatic heterocycles. The van der Waals surface area contributed by atoms with Crippen LogP contribution in [0, 0.1) is 23.7 Å². The Morgan fingerprint density at radius 2 is 1.85 bits per heavy atom. The number of hydrogen-bond donors (Lipinski definition) is 3. The van der Waals surface area contributed by atoms with E-state index in [1.807, 2.05) is 4.90 Å². The molecule has 2 saturated carbocycles. The van der Waals surface area contributed by atoms with Gasteiger partial charge in [-0.15, -0.1) is 0 Å². The molecular formula is C21H38N3O2+. The Hall–Kier alpha value is -0.460. The number of nitrogens with one attached hydrogen (secondary N) is 1. The van der Waals surface area contributed by atoms with Crippen LogP contribution in [0.2, 0.25) is 0 Å². The number of nitrogens with zero attached hydrogens (tertiary/aromatic N) is 1. The van der Waals surface area contributed by atoms with Gasteiger partial charge in [0.05, 0.1) is 0 Å². The molecule has 5 unspecified atom stereocenters. The molecule has 0 radical (unpaired) electrons. The Kier molecular flexibility index (Phi) is 5.72. The lowest BCUT2D eigenvalue weighted by molar-refractivity contribution is -0.157. The van der Waals surface area contributed by atoms with E-state index < -0.39 is 6.41 Å². The highest BCUT2D eigenvalue weighted by molar-refractivity contribution is 5.29. The largest absolute Gasteiger partial charge is 0.408 e. The molecule has 0 aromatic rings. The van der Waals surface area contributed by atoms with Crippen molar-refractivity contribution in [1.29, 1.82) is 0 Å². The summed E-state index contributed by atoms with van der Waals surface area (Å²) in [5, 5.41) is 21.1. The van der Waals surface area contributed by atoms with Gasteiger partial charge in [0, 0.05) is 31.7 Å². The zero-order chi connectivity index (χ0) is 18.3. The Morgan fingerprint density at radius 3 is 2.58 bits per heavy atom. The van der Waals surface area contributed by atoms with Gasteiger partial charge in [-0.05, 0) is 68.6 Å². The van der Waals surface area contributed by atoms with Gasteiger partial charge in [0.2, 0.25) is 0 Å². The maximum atomic E-state index is 9.60. The third kappa shape index (κ3) is 3.74. The Labute approximate surface area is 158 Å². The molecule has 7 atom stereocenters. The van der Waals surface area contributed by atoms with Crippen LogP contribution in [0.3, 0.4) is 0 Å². The number of nitrogens with two attached hydrogens (primary N) is 1. The van der Waals surface area contributed by atoms with E-state index in [0.29, 0.717) is 18.0 Å². The SMILES string of the molecule is C[C@H]1CCC2C(=C3CCN(C(O)[OH2+])CC3)[C@H]3NCC(N)CC3CCC2C1. The Morgan fingerprint density at radius 1 is 1.12 bits per heavy atom. The Balaban J connectivity index is 1.64. The normalized spacial score (nSPS) is 43.4. The molecule has 6 N–H and O–H groups in total. The van der Waals surface area contributed by atoms with Crippen molar-refractivity contribution in [2.24, 2.45) is 29.4 Å². The zero-order valence-electron chi connectivity index (χ0n) is 16.3. The fraction of sp³-hybridized carbons (Fsp3) is 0.905. The van der Waals surface area contributed by atoms with E-state index in [1.165, 1.54) is 38.5 Å². The number of piperidine rings is 2. The van der Waals surface area contributed by atoms with E-state index >= 15 is 0 Å². The van der Waals surface area contributed by atoms with Gasteiger partial charge in [0.1, 0.15) is 0 Å². The van der Waals surface area contributed by atoms with Gasteiger partial charge in [-0.3, -0.25) is 0 Å². The zero-order valence-corrected chi connectivity index (χ0v) is 16.3. The summed E-state index contributed by atoms with van der Waals surface area (Å²) in [6.45, 7) is 5.04. The second-order valence-corrected chi connectivity index (χ2v) is 9.47. The fourth-order valence-corrected chi connectivity index (χ4v) is 6.40. The molecule has 2 aliphatic carbocycles. The first-order valence-electron chi connectivity index (χ1n) is 10.9. The molecule has 4 rings (SSSR count). The third-order valence-electron chi connectivity index (χ3n) is 7.72. The number of aliphatic hydroxyl groups excluding tert-OH is 1. The van der Waals surface area contributed by atoms with Crippen molar-refractivity contribution < 1.29 is 10.2 Å². The van der Waals surface area contributed by atoms with Crippen LogP contribution in [-0.4, -0.2) is 53.2 Å².